The van der Waals surface area contributed by atoms with Gasteiger partial charge in [-0.15, -0.1) is 11.3 Å². The third kappa shape index (κ3) is 3.33. The van der Waals surface area contributed by atoms with E-state index in [2.05, 4.69) is 15.6 Å². The minimum Gasteiger partial charge on any atom is -0.461 e. The third-order valence-electron chi connectivity index (χ3n) is 3.10. The van der Waals surface area contributed by atoms with E-state index >= 15 is 0 Å². The average Bonchev–Trinajstić information content (AvgIpc) is 2.95. The van der Waals surface area contributed by atoms with Gasteiger partial charge in [0.2, 0.25) is 0 Å². The Balaban J connectivity index is 2.50. The number of carbonyl (C=O) groups excluding carboxylic acids is 2. The molecule has 2 N–H and O–H groups in total. The highest BCUT2D eigenvalue weighted by molar-refractivity contribution is 7.80. The zero-order chi connectivity index (χ0) is 16.3. The van der Waals surface area contributed by atoms with Crippen molar-refractivity contribution in [1.29, 1.82) is 0 Å². The molecule has 0 saturated heterocycles. The molecule has 0 saturated carbocycles. The second-order valence-electron chi connectivity index (χ2n) is 4.62. The van der Waals surface area contributed by atoms with E-state index in [1.807, 2.05) is 12.3 Å². The Kier molecular flexibility index (Phi) is 5.25. The number of ether oxygens (including phenoxy) is 1. The zero-order valence-corrected chi connectivity index (χ0v) is 14.2. The smallest absolute Gasteiger partial charge is 0.355 e. The fraction of sp³-hybridized carbons (Fsp3) is 0.429. The lowest BCUT2D eigenvalue weighted by molar-refractivity contribution is -0.139. The van der Waals surface area contributed by atoms with Gasteiger partial charge >= 0.3 is 5.97 Å². The van der Waals surface area contributed by atoms with Crippen molar-refractivity contribution in [2.45, 2.75) is 33.2 Å². The predicted molar refractivity (Wildman–Crippen MR) is 87.4 cm³/mol. The number of aryl methyl sites for hydroxylation is 1. The van der Waals surface area contributed by atoms with Gasteiger partial charge in [0.15, 0.2) is 10.9 Å². The zero-order valence-electron chi connectivity index (χ0n) is 12.6. The number of nitrogens with zero attached hydrogens (tertiary/aromatic N) is 1. The summed E-state index contributed by atoms with van der Waals surface area (Å²) in [5, 5.41) is 8.84. The molecule has 0 radical (unpaired) electrons. The summed E-state index contributed by atoms with van der Waals surface area (Å²) < 4.78 is 5.00. The second kappa shape index (κ2) is 6.97. The van der Waals surface area contributed by atoms with Gasteiger partial charge in [0.05, 0.1) is 22.9 Å². The summed E-state index contributed by atoms with van der Waals surface area (Å²) in [6.07, 6.45) is 0.809. The molecular formula is C14H17N3O3S2. The Hall–Kier alpha value is -1.80. The van der Waals surface area contributed by atoms with Crippen LogP contribution in [0.3, 0.4) is 0 Å². The summed E-state index contributed by atoms with van der Waals surface area (Å²) in [4.78, 5) is 28.7. The predicted octanol–water partition coefficient (Wildman–Crippen LogP) is 1.63. The fourth-order valence-corrected chi connectivity index (χ4v) is 3.14. The Labute approximate surface area is 138 Å². The molecule has 0 aromatic carbocycles. The molecular weight excluding hydrogens is 322 g/mol. The van der Waals surface area contributed by atoms with Gasteiger partial charge in [-0.2, -0.15) is 0 Å². The average molecular weight is 339 g/mol. The summed E-state index contributed by atoms with van der Waals surface area (Å²) in [5.41, 5.74) is 1.06. The molecule has 0 fully saturated rings. The summed E-state index contributed by atoms with van der Waals surface area (Å²) in [5.74, 6) is -0.825. The largest absolute Gasteiger partial charge is 0.461 e. The Bertz CT molecular complexity index is 652. The first-order valence-corrected chi connectivity index (χ1v) is 8.20. The van der Waals surface area contributed by atoms with E-state index in [-0.39, 0.29) is 23.2 Å². The van der Waals surface area contributed by atoms with Gasteiger partial charge in [0.1, 0.15) is 11.7 Å². The molecule has 22 heavy (non-hydrogen) atoms. The topological polar surface area (TPSA) is 80.3 Å². The van der Waals surface area contributed by atoms with E-state index in [0.717, 1.165) is 11.4 Å². The highest BCUT2D eigenvalue weighted by Crippen LogP contribution is 2.29. The molecule has 0 bridgehead atoms. The SMILES string of the molecule is CCOC(=O)C1=C(C(C)=O)[C@@H](c2csc(CC)n2)NC(=S)N1. The Morgan fingerprint density at radius 2 is 2.18 bits per heavy atom. The van der Waals surface area contributed by atoms with Crippen LogP contribution in [0.25, 0.3) is 0 Å². The number of thiazole rings is 1. The lowest BCUT2D eigenvalue weighted by Gasteiger charge is -2.28. The number of Topliss-reactive ketones (excluding diaryl/α,β-unsaturated/α-hetero) is 1. The monoisotopic (exact) mass is 339 g/mol. The van der Waals surface area contributed by atoms with Crippen molar-refractivity contribution < 1.29 is 14.3 Å². The molecule has 0 amide bonds. The molecule has 0 aliphatic carbocycles. The van der Waals surface area contributed by atoms with E-state index in [1.54, 1.807) is 6.92 Å². The number of thiocarbonyl (C=S) groups is 1. The van der Waals surface area contributed by atoms with Crippen molar-refractivity contribution in [2.24, 2.45) is 0 Å². The standard InChI is InChI=1S/C14H17N3O3S2/c1-4-9-15-8(6-22-9)11-10(7(3)18)12(13(19)20-5-2)17-14(21)16-11/h6,11H,4-5H2,1-3H3,(H2,16,17,21)/t11-/m1/s1. The first-order valence-electron chi connectivity index (χ1n) is 6.91. The van der Waals surface area contributed by atoms with Gasteiger partial charge in [0, 0.05) is 5.38 Å². The van der Waals surface area contributed by atoms with Crippen LogP contribution in [0.4, 0.5) is 0 Å². The van der Waals surface area contributed by atoms with Crippen LogP contribution in [0.5, 0.6) is 0 Å². The lowest BCUT2D eigenvalue weighted by Crippen LogP contribution is -2.47. The number of carbonyl (C=O) groups is 2. The molecule has 1 aliphatic heterocycles. The van der Waals surface area contributed by atoms with E-state index in [1.165, 1.54) is 18.3 Å². The summed E-state index contributed by atoms with van der Waals surface area (Å²) in [7, 11) is 0. The molecule has 6 nitrogen and oxygen atoms in total. The maximum absolute atomic E-state index is 12.1. The number of hydrogen-bond donors (Lipinski definition) is 2. The lowest BCUT2D eigenvalue weighted by atomic mass is 9.97. The van der Waals surface area contributed by atoms with Crippen LogP contribution in [-0.4, -0.2) is 28.5 Å². The molecule has 0 unspecified atom stereocenters. The van der Waals surface area contributed by atoms with Crippen molar-refractivity contribution in [1.82, 2.24) is 15.6 Å². The quantitative estimate of drug-likeness (QED) is 0.623. The van der Waals surface area contributed by atoms with Crippen LogP contribution in [0, 0.1) is 0 Å². The van der Waals surface area contributed by atoms with Crippen LogP contribution in [-0.2, 0) is 20.7 Å². The van der Waals surface area contributed by atoms with Gasteiger partial charge < -0.3 is 15.4 Å². The number of aromatic nitrogens is 1. The molecule has 0 spiro atoms. The molecule has 118 valence electrons. The number of rotatable bonds is 5. The first kappa shape index (κ1) is 16.6. The molecule has 1 aliphatic rings. The molecule has 1 aromatic rings. The van der Waals surface area contributed by atoms with Crippen molar-refractivity contribution in [3.63, 3.8) is 0 Å². The van der Waals surface area contributed by atoms with Crippen LogP contribution < -0.4 is 10.6 Å². The molecule has 1 atom stereocenters. The van der Waals surface area contributed by atoms with Crippen LogP contribution in [0.1, 0.15) is 37.5 Å². The molecule has 8 heteroatoms. The summed E-state index contributed by atoms with van der Waals surface area (Å²) >= 11 is 6.65. The number of hydrogen-bond acceptors (Lipinski definition) is 6. The van der Waals surface area contributed by atoms with E-state index in [9.17, 15) is 9.59 Å². The Morgan fingerprint density at radius 1 is 1.45 bits per heavy atom. The van der Waals surface area contributed by atoms with Gasteiger partial charge in [-0.1, -0.05) is 6.92 Å². The Morgan fingerprint density at radius 3 is 2.73 bits per heavy atom. The van der Waals surface area contributed by atoms with Crippen LogP contribution >= 0.6 is 23.6 Å². The fourth-order valence-electron chi connectivity index (χ4n) is 2.15. The van der Waals surface area contributed by atoms with Gasteiger partial charge in [-0.05, 0) is 32.5 Å². The normalized spacial score (nSPS) is 17.8. The molecule has 2 rings (SSSR count). The summed E-state index contributed by atoms with van der Waals surface area (Å²) in [6, 6.07) is -0.540. The minimum atomic E-state index is -0.590. The van der Waals surface area contributed by atoms with Crippen molar-refractivity contribution in [3.05, 3.63) is 27.4 Å². The molecule has 1 aromatic heterocycles. The van der Waals surface area contributed by atoms with Crippen molar-refractivity contribution in [2.75, 3.05) is 6.61 Å². The second-order valence-corrected chi connectivity index (χ2v) is 5.97. The highest BCUT2D eigenvalue weighted by Gasteiger charge is 2.34. The summed E-state index contributed by atoms with van der Waals surface area (Å²) in [6.45, 7) is 5.34. The van der Waals surface area contributed by atoms with Gasteiger partial charge in [0.25, 0.3) is 0 Å². The van der Waals surface area contributed by atoms with Crippen molar-refractivity contribution >= 4 is 40.4 Å². The van der Waals surface area contributed by atoms with Gasteiger partial charge in [-0.25, -0.2) is 9.78 Å². The molecule has 2 heterocycles. The van der Waals surface area contributed by atoms with E-state index in [0.29, 0.717) is 11.3 Å². The number of nitrogens with one attached hydrogen (secondary N) is 2. The van der Waals surface area contributed by atoms with Crippen molar-refractivity contribution in [3.8, 4) is 0 Å². The minimum absolute atomic E-state index is 0.0918. The van der Waals surface area contributed by atoms with Crippen LogP contribution in [0.15, 0.2) is 16.7 Å². The van der Waals surface area contributed by atoms with E-state index < -0.39 is 12.0 Å². The first-order chi connectivity index (χ1) is 10.5. The van der Waals surface area contributed by atoms with Gasteiger partial charge in [-0.3, -0.25) is 4.79 Å². The van der Waals surface area contributed by atoms with E-state index in [4.69, 9.17) is 17.0 Å². The van der Waals surface area contributed by atoms with Crippen LogP contribution in [0.2, 0.25) is 0 Å². The highest BCUT2D eigenvalue weighted by atomic mass is 32.1. The maximum atomic E-state index is 12.1. The maximum Gasteiger partial charge on any atom is 0.355 e. The number of ketones is 1. The number of esters is 1. The third-order valence-corrected chi connectivity index (χ3v) is 4.33.